The van der Waals surface area contributed by atoms with E-state index in [1.54, 1.807) is 0 Å². The topological polar surface area (TPSA) is 65.0 Å². The minimum absolute atomic E-state index is 0.606. The summed E-state index contributed by atoms with van der Waals surface area (Å²) in [6, 6.07) is 61.1. The predicted molar refractivity (Wildman–Crippen MR) is 229 cm³/mol. The normalized spacial score (nSPS) is 11.9. The van der Waals surface area contributed by atoms with Crippen molar-refractivity contribution in [2.75, 3.05) is 0 Å². The average Bonchev–Trinajstić information content (AvgIpc) is 3.85. The van der Waals surface area contributed by atoms with E-state index in [0.29, 0.717) is 17.5 Å². The van der Waals surface area contributed by atoms with Gasteiger partial charge in [0.2, 0.25) is 0 Å². The number of hydrogen-bond donors (Lipinski definition) is 0. The summed E-state index contributed by atoms with van der Waals surface area (Å²) in [5.41, 5.74) is 8.43. The second-order valence-electron chi connectivity index (χ2n) is 14.4. The maximum absolute atomic E-state index is 6.26. The first-order valence-corrected chi connectivity index (χ1v) is 18.8. The van der Waals surface area contributed by atoms with Gasteiger partial charge in [-0.15, -0.1) is 0 Å². The number of para-hydroxylation sites is 2. The van der Waals surface area contributed by atoms with E-state index in [-0.39, 0.29) is 0 Å². The summed E-state index contributed by atoms with van der Waals surface area (Å²) in [5, 5.41) is 11.4. The standard InChI is InChI=1S/C51H29N3O2/c1-2-9-37-30(8-1)18-22-34-28-35(24-26-38(34)37)50-52-49(33-20-16-31(17-21-33)39-12-7-15-45-47(39)40-10-3-5-13-43(40)55-45)53-51(54-50)36-23-19-32-25-27-46-48(42(32)29-36)41-11-4-6-14-44(41)56-46/h1-29H. The molecule has 0 fully saturated rings. The maximum atomic E-state index is 6.26. The molecule has 0 N–H and O–H groups in total. The number of furan rings is 2. The summed E-state index contributed by atoms with van der Waals surface area (Å²) in [6.45, 7) is 0. The fourth-order valence-corrected chi connectivity index (χ4v) is 8.41. The molecule has 56 heavy (non-hydrogen) atoms. The Hall–Kier alpha value is -7.63. The fraction of sp³-hybridized carbons (Fsp3) is 0. The Labute approximate surface area is 320 Å². The van der Waals surface area contributed by atoms with Crippen LogP contribution in [0.1, 0.15) is 0 Å². The molecule has 3 aromatic heterocycles. The summed E-state index contributed by atoms with van der Waals surface area (Å²) < 4.78 is 12.5. The van der Waals surface area contributed by atoms with Crippen molar-refractivity contribution in [2.45, 2.75) is 0 Å². The van der Waals surface area contributed by atoms with E-state index in [1.165, 1.54) is 16.2 Å². The summed E-state index contributed by atoms with van der Waals surface area (Å²) in [7, 11) is 0. The zero-order chi connectivity index (χ0) is 36.7. The van der Waals surface area contributed by atoms with Crippen molar-refractivity contribution in [2.24, 2.45) is 0 Å². The van der Waals surface area contributed by atoms with Crippen molar-refractivity contribution in [3.05, 3.63) is 176 Å². The van der Waals surface area contributed by atoms with Gasteiger partial charge in [0.05, 0.1) is 0 Å². The van der Waals surface area contributed by atoms with Crippen molar-refractivity contribution < 1.29 is 8.83 Å². The number of aromatic nitrogens is 3. The summed E-state index contributed by atoms with van der Waals surface area (Å²) in [4.78, 5) is 15.5. The van der Waals surface area contributed by atoms with Crippen molar-refractivity contribution in [3.8, 4) is 45.3 Å². The lowest BCUT2D eigenvalue weighted by Crippen LogP contribution is -2.00. The number of rotatable bonds is 4. The molecule has 0 aliphatic rings. The third-order valence-electron chi connectivity index (χ3n) is 11.1. The first kappa shape index (κ1) is 30.8. The van der Waals surface area contributed by atoms with Crippen molar-refractivity contribution in [1.29, 1.82) is 0 Å². The Balaban J connectivity index is 1.03. The monoisotopic (exact) mass is 715 g/mol. The van der Waals surface area contributed by atoms with Crippen molar-refractivity contribution in [3.63, 3.8) is 0 Å². The van der Waals surface area contributed by atoms with Crippen LogP contribution < -0.4 is 0 Å². The molecule has 5 nitrogen and oxygen atoms in total. The van der Waals surface area contributed by atoms with Crippen molar-refractivity contribution >= 4 is 76.2 Å². The molecule has 0 atom stereocenters. The third-order valence-corrected chi connectivity index (χ3v) is 11.1. The van der Waals surface area contributed by atoms with E-state index >= 15 is 0 Å². The van der Waals surface area contributed by atoms with E-state index in [9.17, 15) is 0 Å². The zero-order valence-electron chi connectivity index (χ0n) is 29.9. The second-order valence-corrected chi connectivity index (χ2v) is 14.4. The first-order valence-electron chi connectivity index (χ1n) is 18.8. The summed E-state index contributed by atoms with van der Waals surface area (Å²) >= 11 is 0. The van der Waals surface area contributed by atoms with Crippen LogP contribution in [0.15, 0.2) is 185 Å². The zero-order valence-corrected chi connectivity index (χ0v) is 29.9. The molecule has 0 radical (unpaired) electrons. The molecule has 12 aromatic rings. The quantitative estimate of drug-likeness (QED) is 0.170. The molecule has 0 unspecified atom stereocenters. The molecule has 0 aliphatic carbocycles. The van der Waals surface area contributed by atoms with Crippen LogP contribution in [0.5, 0.6) is 0 Å². The van der Waals surface area contributed by atoms with Crippen LogP contribution in [0.4, 0.5) is 0 Å². The Morgan fingerprint density at radius 1 is 0.286 bits per heavy atom. The van der Waals surface area contributed by atoms with Crippen molar-refractivity contribution in [1.82, 2.24) is 15.0 Å². The first-order chi connectivity index (χ1) is 27.7. The molecule has 0 amide bonds. The van der Waals surface area contributed by atoms with Gasteiger partial charge in [0.25, 0.3) is 0 Å². The van der Waals surface area contributed by atoms with Gasteiger partial charge in [0, 0.05) is 38.2 Å². The minimum Gasteiger partial charge on any atom is -0.456 e. The Morgan fingerprint density at radius 2 is 0.786 bits per heavy atom. The van der Waals surface area contributed by atoms with Gasteiger partial charge in [-0.1, -0.05) is 140 Å². The molecule has 12 rings (SSSR count). The number of hydrogen-bond acceptors (Lipinski definition) is 5. The lowest BCUT2D eigenvalue weighted by Gasteiger charge is -2.11. The Bertz CT molecular complexity index is 3540. The molecular formula is C51H29N3O2. The van der Waals surface area contributed by atoms with Gasteiger partial charge in [0.1, 0.15) is 22.3 Å². The van der Waals surface area contributed by atoms with E-state index < -0.39 is 0 Å². The maximum Gasteiger partial charge on any atom is 0.164 e. The predicted octanol–water partition coefficient (Wildman–Crippen LogP) is 13.8. The molecule has 0 bridgehead atoms. The van der Waals surface area contributed by atoms with Gasteiger partial charge in [-0.2, -0.15) is 0 Å². The highest BCUT2D eigenvalue weighted by atomic mass is 16.3. The van der Waals surface area contributed by atoms with Crippen LogP contribution in [0.3, 0.4) is 0 Å². The lowest BCUT2D eigenvalue weighted by atomic mass is 9.98. The fourth-order valence-electron chi connectivity index (χ4n) is 8.41. The van der Waals surface area contributed by atoms with Gasteiger partial charge >= 0.3 is 0 Å². The number of nitrogens with zero attached hydrogens (tertiary/aromatic N) is 3. The van der Waals surface area contributed by atoms with E-state index in [1.807, 2.05) is 30.3 Å². The van der Waals surface area contributed by atoms with Gasteiger partial charge in [0.15, 0.2) is 17.5 Å². The largest absolute Gasteiger partial charge is 0.456 e. The molecular weight excluding hydrogens is 687 g/mol. The molecule has 260 valence electrons. The minimum atomic E-state index is 0.606. The Kier molecular flexibility index (Phi) is 6.56. The molecule has 0 saturated carbocycles. The van der Waals surface area contributed by atoms with Gasteiger partial charge < -0.3 is 8.83 Å². The Morgan fingerprint density at radius 3 is 1.57 bits per heavy atom. The SMILES string of the molecule is c1ccc2c(c1)ccc1cc(-c3nc(-c4ccc(-c5cccc6oc7ccccc7c56)cc4)nc(-c4ccc5ccc6oc7ccccc7c6c5c4)n3)ccc12. The van der Waals surface area contributed by atoms with Gasteiger partial charge in [-0.05, 0) is 79.8 Å². The highest BCUT2D eigenvalue weighted by molar-refractivity contribution is 6.19. The van der Waals surface area contributed by atoms with Crippen LogP contribution in [0, 0.1) is 0 Å². The van der Waals surface area contributed by atoms with Crippen LogP contribution >= 0.6 is 0 Å². The van der Waals surface area contributed by atoms with Crippen LogP contribution in [-0.2, 0) is 0 Å². The van der Waals surface area contributed by atoms with E-state index in [2.05, 4.69) is 146 Å². The smallest absolute Gasteiger partial charge is 0.164 e. The van der Waals surface area contributed by atoms with Gasteiger partial charge in [-0.25, -0.2) is 15.0 Å². The van der Waals surface area contributed by atoms with E-state index in [4.69, 9.17) is 23.8 Å². The van der Waals surface area contributed by atoms with Crippen LogP contribution in [0.25, 0.3) is 121 Å². The average molecular weight is 716 g/mol. The van der Waals surface area contributed by atoms with Gasteiger partial charge in [-0.3, -0.25) is 0 Å². The number of benzene rings is 9. The molecule has 5 heteroatoms. The number of fused-ring (bicyclic) bond motifs is 11. The molecule has 0 saturated heterocycles. The highest BCUT2D eigenvalue weighted by Crippen LogP contribution is 2.39. The van der Waals surface area contributed by atoms with E-state index in [0.717, 1.165) is 87.9 Å². The molecule has 0 spiro atoms. The lowest BCUT2D eigenvalue weighted by molar-refractivity contribution is 0.668. The summed E-state index contributed by atoms with van der Waals surface area (Å²) in [6.07, 6.45) is 0. The molecule has 0 aliphatic heterocycles. The highest BCUT2D eigenvalue weighted by Gasteiger charge is 2.17. The van der Waals surface area contributed by atoms with Crippen LogP contribution in [0.2, 0.25) is 0 Å². The summed E-state index contributed by atoms with van der Waals surface area (Å²) in [5.74, 6) is 1.83. The molecule has 9 aromatic carbocycles. The third kappa shape index (κ3) is 4.78. The second kappa shape index (κ2) is 11.9. The van der Waals surface area contributed by atoms with Crippen LogP contribution in [-0.4, -0.2) is 15.0 Å². The molecule has 3 heterocycles.